The van der Waals surface area contributed by atoms with Crippen LogP contribution in [0.4, 0.5) is 0 Å². The fraction of sp³-hybridized carbons (Fsp3) is 0.273. The van der Waals surface area contributed by atoms with E-state index in [-0.39, 0.29) is 4.90 Å². The third-order valence-corrected chi connectivity index (χ3v) is 7.12. The normalized spacial score (nSPS) is 17.9. The molecule has 7 heteroatoms. The minimum absolute atomic E-state index is 0.232. The second kappa shape index (κ2) is 7.93. The molecule has 1 saturated heterocycles. The average molecular weight is 410 g/mol. The van der Waals surface area contributed by atoms with Crippen LogP contribution in [0.15, 0.2) is 65.7 Å². The third-order valence-electron chi connectivity index (χ3n) is 5.26. The monoisotopic (exact) mass is 409 g/mol. The van der Waals surface area contributed by atoms with Crippen LogP contribution in [0.3, 0.4) is 0 Å². The Morgan fingerprint density at radius 2 is 1.90 bits per heavy atom. The first kappa shape index (κ1) is 19.5. The topological polar surface area (TPSA) is 72.3 Å². The SMILES string of the molecule is CC1CCCN(S(=O)(=O)c2cccc(-c3nn(-c4ccccc4)cc3C=O)c2)C1. The first-order valence-corrected chi connectivity index (χ1v) is 11.1. The van der Waals surface area contributed by atoms with Crippen LogP contribution >= 0.6 is 0 Å². The van der Waals surface area contributed by atoms with Crippen molar-refractivity contribution in [1.82, 2.24) is 14.1 Å². The Hall–Kier alpha value is -2.77. The average Bonchev–Trinajstić information content (AvgIpc) is 3.19. The van der Waals surface area contributed by atoms with E-state index >= 15 is 0 Å². The van der Waals surface area contributed by atoms with Crippen molar-refractivity contribution in [3.63, 3.8) is 0 Å². The molecule has 0 saturated carbocycles. The summed E-state index contributed by atoms with van der Waals surface area (Å²) in [6.45, 7) is 3.15. The van der Waals surface area contributed by atoms with Gasteiger partial charge < -0.3 is 0 Å². The number of piperidine rings is 1. The molecule has 0 radical (unpaired) electrons. The molecule has 3 aromatic rings. The van der Waals surface area contributed by atoms with Crippen molar-refractivity contribution in [2.45, 2.75) is 24.7 Å². The molecular formula is C22H23N3O3S. The maximum atomic E-state index is 13.1. The quantitative estimate of drug-likeness (QED) is 0.602. The molecule has 6 nitrogen and oxygen atoms in total. The van der Waals surface area contributed by atoms with E-state index in [1.54, 1.807) is 39.4 Å². The summed E-state index contributed by atoms with van der Waals surface area (Å²) in [5.74, 6) is 0.352. The number of benzene rings is 2. The van der Waals surface area contributed by atoms with Crippen molar-refractivity contribution in [3.05, 3.63) is 66.4 Å². The molecule has 1 aliphatic heterocycles. The molecule has 0 spiro atoms. The Morgan fingerprint density at radius 3 is 2.62 bits per heavy atom. The predicted molar refractivity (Wildman–Crippen MR) is 112 cm³/mol. The van der Waals surface area contributed by atoms with Gasteiger partial charge >= 0.3 is 0 Å². The van der Waals surface area contributed by atoms with Crippen LogP contribution in [-0.4, -0.2) is 41.9 Å². The number of hydrogen-bond acceptors (Lipinski definition) is 4. The number of carbonyl (C=O) groups is 1. The largest absolute Gasteiger partial charge is 0.298 e. The van der Waals surface area contributed by atoms with E-state index in [9.17, 15) is 13.2 Å². The lowest BCUT2D eigenvalue weighted by molar-refractivity contribution is 0.112. The maximum absolute atomic E-state index is 13.1. The highest BCUT2D eigenvalue weighted by molar-refractivity contribution is 7.89. The Labute approximate surface area is 170 Å². The van der Waals surface area contributed by atoms with Crippen LogP contribution < -0.4 is 0 Å². The number of sulfonamides is 1. The molecule has 150 valence electrons. The molecule has 0 bridgehead atoms. The zero-order valence-electron chi connectivity index (χ0n) is 16.2. The molecule has 0 aliphatic carbocycles. The van der Waals surface area contributed by atoms with Crippen molar-refractivity contribution in [2.75, 3.05) is 13.1 Å². The highest BCUT2D eigenvalue weighted by atomic mass is 32.2. The Balaban J connectivity index is 1.72. The summed E-state index contributed by atoms with van der Waals surface area (Å²) in [7, 11) is -3.58. The molecule has 0 amide bonds. The molecule has 1 aromatic heterocycles. The molecule has 1 aliphatic rings. The molecule has 29 heavy (non-hydrogen) atoms. The number of nitrogens with zero attached hydrogens (tertiary/aromatic N) is 3. The van der Waals surface area contributed by atoms with Gasteiger partial charge in [0, 0.05) is 24.8 Å². The number of carbonyl (C=O) groups excluding carboxylic acids is 1. The number of hydrogen-bond donors (Lipinski definition) is 0. The van der Waals surface area contributed by atoms with Gasteiger partial charge in [-0.05, 0) is 43.0 Å². The van der Waals surface area contributed by atoms with Crippen LogP contribution in [0.25, 0.3) is 16.9 Å². The van der Waals surface area contributed by atoms with E-state index in [0.717, 1.165) is 24.8 Å². The Bertz CT molecular complexity index is 1120. The van der Waals surface area contributed by atoms with E-state index < -0.39 is 10.0 Å². The maximum Gasteiger partial charge on any atom is 0.243 e. The van der Waals surface area contributed by atoms with Crippen LogP contribution in [0.1, 0.15) is 30.1 Å². The van der Waals surface area contributed by atoms with E-state index in [1.807, 2.05) is 30.3 Å². The second-order valence-corrected chi connectivity index (χ2v) is 9.41. The molecule has 1 fully saturated rings. The van der Waals surface area contributed by atoms with Gasteiger partial charge in [0.1, 0.15) is 5.69 Å². The van der Waals surface area contributed by atoms with Crippen molar-refractivity contribution in [1.29, 1.82) is 0 Å². The second-order valence-electron chi connectivity index (χ2n) is 7.47. The summed E-state index contributed by atoms with van der Waals surface area (Å²) < 4.78 is 29.4. The first-order chi connectivity index (χ1) is 14.0. The smallest absolute Gasteiger partial charge is 0.243 e. The summed E-state index contributed by atoms with van der Waals surface area (Å²) in [5.41, 5.74) is 2.31. The van der Waals surface area contributed by atoms with Crippen LogP contribution in [-0.2, 0) is 10.0 Å². The van der Waals surface area contributed by atoms with Crippen LogP contribution in [0.5, 0.6) is 0 Å². The van der Waals surface area contributed by atoms with Gasteiger partial charge in [0.05, 0.1) is 16.1 Å². The van der Waals surface area contributed by atoms with Gasteiger partial charge in [-0.1, -0.05) is 37.3 Å². The van der Waals surface area contributed by atoms with E-state index in [0.29, 0.717) is 35.8 Å². The lowest BCUT2D eigenvalue weighted by atomic mass is 10.0. The minimum atomic E-state index is -3.58. The third kappa shape index (κ3) is 3.88. The summed E-state index contributed by atoms with van der Waals surface area (Å²) in [5, 5.41) is 4.55. The van der Waals surface area contributed by atoms with Gasteiger partial charge in [-0.25, -0.2) is 13.1 Å². The number of para-hydroxylation sites is 1. The number of aromatic nitrogens is 2. The Kier molecular flexibility index (Phi) is 5.34. The highest BCUT2D eigenvalue weighted by Gasteiger charge is 2.29. The van der Waals surface area contributed by atoms with Gasteiger partial charge in [-0.2, -0.15) is 9.40 Å². The minimum Gasteiger partial charge on any atom is -0.298 e. The Morgan fingerprint density at radius 1 is 1.10 bits per heavy atom. The summed E-state index contributed by atoms with van der Waals surface area (Å²) >= 11 is 0. The van der Waals surface area contributed by atoms with Crippen LogP contribution in [0.2, 0.25) is 0 Å². The van der Waals surface area contributed by atoms with Crippen molar-refractivity contribution in [2.24, 2.45) is 5.92 Å². The van der Waals surface area contributed by atoms with Crippen molar-refractivity contribution in [3.8, 4) is 16.9 Å². The van der Waals surface area contributed by atoms with E-state index in [2.05, 4.69) is 12.0 Å². The molecule has 0 N–H and O–H groups in total. The summed E-state index contributed by atoms with van der Waals surface area (Å²) in [6, 6.07) is 16.2. The van der Waals surface area contributed by atoms with Crippen molar-refractivity contribution >= 4 is 16.3 Å². The van der Waals surface area contributed by atoms with E-state index in [1.165, 1.54) is 0 Å². The lowest BCUT2D eigenvalue weighted by Gasteiger charge is -2.30. The molecule has 2 heterocycles. The zero-order chi connectivity index (χ0) is 20.4. The lowest BCUT2D eigenvalue weighted by Crippen LogP contribution is -2.39. The van der Waals surface area contributed by atoms with Crippen molar-refractivity contribution < 1.29 is 13.2 Å². The molecule has 4 rings (SSSR count). The fourth-order valence-corrected chi connectivity index (χ4v) is 5.37. The molecule has 2 aromatic carbocycles. The fourth-order valence-electron chi connectivity index (χ4n) is 3.73. The summed E-state index contributed by atoms with van der Waals surface area (Å²) in [6.07, 6.45) is 4.32. The number of aldehydes is 1. The highest BCUT2D eigenvalue weighted by Crippen LogP contribution is 2.28. The molecule has 1 unspecified atom stereocenters. The van der Waals surface area contributed by atoms with Gasteiger partial charge in [-0.15, -0.1) is 0 Å². The van der Waals surface area contributed by atoms with E-state index in [4.69, 9.17) is 0 Å². The first-order valence-electron chi connectivity index (χ1n) is 9.70. The van der Waals surface area contributed by atoms with Gasteiger partial charge in [0.15, 0.2) is 6.29 Å². The van der Waals surface area contributed by atoms with Crippen LogP contribution in [0, 0.1) is 5.92 Å². The standard InChI is InChI=1S/C22H23N3O3S/c1-17-7-6-12-24(14-17)29(27,28)21-11-5-8-18(13-21)22-19(16-26)15-25(23-22)20-9-3-2-4-10-20/h2-5,8-11,13,15-17H,6-7,12,14H2,1H3. The number of rotatable bonds is 5. The zero-order valence-corrected chi connectivity index (χ0v) is 17.0. The van der Waals surface area contributed by atoms with Gasteiger partial charge in [-0.3, -0.25) is 4.79 Å². The summed E-state index contributed by atoms with van der Waals surface area (Å²) in [4.78, 5) is 11.9. The predicted octanol–water partition coefficient (Wildman–Crippen LogP) is 3.77. The van der Waals surface area contributed by atoms with Gasteiger partial charge in [0.25, 0.3) is 0 Å². The van der Waals surface area contributed by atoms with Gasteiger partial charge in [0.2, 0.25) is 10.0 Å². The molecular weight excluding hydrogens is 386 g/mol. The molecule has 1 atom stereocenters.